The van der Waals surface area contributed by atoms with Crippen molar-refractivity contribution in [1.29, 1.82) is 0 Å². The smallest absolute Gasteiger partial charge is 0.301 e. The molecule has 1 fully saturated rings. The highest BCUT2D eigenvalue weighted by atomic mass is 35.5. The average Bonchev–Trinajstić information content (AvgIpc) is 3.51. The fourth-order valence-electron chi connectivity index (χ4n) is 4.31. The van der Waals surface area contributed by atoms with Crippen molar-refractivity contribution in [2.45, 2.75) is 23.1 Å². The lowest BCUT2D eigenvalue weighted by atomic mass is 9.95. The maximum atomic E-state index is 14.4. The molecule has 1 amide bonds. The number of aryl methyl sites for hydroxylation is 1. The van der Waals surface area contributed by atoms with Crippen LogP contribution in [0.1, 0.15) is 28.3 Å². The number of hydrogen-bond acceptors (Lipinski definition) is 8. The number of benzene rings is 3. The molecule has 1 N–H and O–H groups in total. The minimum Gasteiger partial charge on any atom is -0.507 e. The molecule has 0 aliphatic carbocycles. The van der Waals surface area contributed by atoms with E-state index in [4.69, 9.17) is 11.6 Å². The molecule has 7 nitrogen and oxygen atoms in total. The van der Waals surface area contributed by atoms with Crippen molar-refractivity contribution in [2.24, 2.45) is 0 Å². The molecule has 5 rings (SSSR count). The number of hydrogen-bond donors (Lipinski definition) is 1. The number of aromatic nitrogens is 2. The first-order valence-electron chi connectivity index (χ1n) is 12.2. The highest BCUT2D eigenvalue weighted by molar-refractivity contribution is 8.00. The maximum Gasteiger partial charge on any atom is 0.301 e. The van der Waals surface area contributed by atoms with E-state index in [1.807, 2.05) is 55.4 Å². The Hall–Kier alpha value is -3.73. The summed E-state index contributed by atoms with van der Waals surface area (Å²) in [5.74, 6) is -2.19. The van der Waals surface area contributed by atoms with E-state index in [0.29, 0.717) is 26.2 Å². The Labute approximate surface area is 243 Å². The Kier molecular flexibility index (Phi) is 7.93. The van der Waals surface area contributed by atoms with E-state index < -0.39 is 29.3 Å². The van der Waals surface area contributed by atoms with E-state index in [1.165, 1.54) is 28.8 Å². The monoisotopic (exact) mass is 594 g/mol. The van der Waals surface area contributed by atoms with Gasteiger partial charge < -0.3 is 10.0 Å². The molecule has 0 saturated carbocycles. The van der Waals surface area contributed by atoms with E-state index in [2.05, 4.69) is 10.2 Å². The largest absolute Gasteiger partial charge is 0.507 e. The number of amides is 1. The zero-order chi connectivity index (χ0) is 28.6. The fraction of sp³-hybridized carbons (Fsp3) is 0.172. The van der Waals surface area contributed by atoms with Gasteiger partial charge in [0, 0.05) is 36.1 Å². The number of ketones is 1. The Balaban J connectivity index is 1.56. The van der Waals surface area contributed by atoms with Gasteiger partial charge in [-0.25, -0.2) is 4.39 Å². The number of aliphatic hydroxyl groups excluding tert-OH is 1. The van der Waals surface area contributed by atoms with Crippen LogP contribution in [-0.4, -0.2) is 41.1 Å². The average molecular weight is 595 g/mol. The first-order chi connectivity index (χ1) is 19.2. The molecule has 1 aromatic heterocycles. The minimum atomic E-state index is -0.991. The number of halogens is 2. The normalized spacial score (nSPS) is 16.5. The molecule has 204 valence electrons. The molecule has 3 aromatic carbocycles. The Morgan fingerprint density at radius 2 is 1.82 bits per heavy atom. The van der Waals surface area contributed by atoms with Crippen LogP contribution in [-0.2, 0) is 15.3 Å². The lowest BCUT2D eigenvalue weighted by molar-refractivity contribution is -0.132. The molecule has 40 heavy (non-hydrogen) atoms. The van der Waals surface area contributed by atoms with E-state index in [0.717, 1.165) is 28.7 Å². The van der Waals surface area contributed by atoms with Crippen LogP contribution >= 0.6 is 34.7 Å². The quantitative estimate of drug-likeness (QED) is 0.0845. The summed E-state index contributed by atoms with van der Waals surface area (Å²) < 4.78 is 15.0. The summed E-state index contributed by atoms with van der Waals surface area (Å²) in [5, 5.41) is 20.6. The molecular formula is C29H24ClFN4O3S2. The summed E-state index contributed by atoms with van der Waals surface area (Å²) in [7, 11) is 3.80. The van der Waals surface area contributed by atoms with Crippen LogP contribution in [0.25, 0.3) is 5.76 Å². The van der Waals surface area contributed by atoms with Gasteiger partial charge >= 0.3 is 5.91 Å². The summed E-state index contributed by atoms with van der Waals surface area (Å²) in [6, 6.07) is 17.9. The van der Waals surface area contributed by atoms with E-state index in [-0.39, 0.29) is 16.3 Å². The van der Waals surface area contributed by atoms with Gasteiger partial charge in [0.2, 0.25) is 5.13 Å². The predicted octanol–water partition coefficient (Wildman–Crippen LogP) is 6.62. The van der Waals surface area contributed by atoms with Gasteiger partial charge in [-0.05, 0) is 47.9 Å². The van der Waals surface area contributed by atoms with Gasteiger partial charge in [-0.15, -0.1) is 10.2 Å². The van der Waals surface area contributed by atoms with Crippen LogP contribution < -0.4 is 9.80 Å². The molecule has 0 spiro atoms. The highest BCUT2D eigenvalue weighted by Gasteiger charge is 2.48. The van der Waals surface area contributed by atoms with Crippen LogP contribution in [0.4, 0.5) is 15.2 Å². The standard InChI is InChI=1S/C29H24ClFN4O3S2/c1-16-8-9-18(14-22(16)31)25(36)23-24(17-10-12-20(13-11-17)34(2)3)35(27(38)26(23)37)28-32-33-29(40-28)39-15-19-6-4-5-7-21(19)30/h4-14,24,36H,15H2,1-3H3/t24-/m1/s1. The number of aliphatic hydroxyl groups is 1. The van der Waals surface area contributed by atoms with Crippen LogP contribution in [0.2, 0.25) is 5.02 Å². The molecule has 1 aliphatic rings. The number of rotatable bonds is 7. The number of carbonyl (C=O) groups excluding carboxylic acids is 2. The highest BCUT2D eigenvalue weighted by Crippen LogP contribution is 2.44. The topological polar surface area (TPSA) is 86.6 Å². The van der Waals surface area contributed by atoms with Crippen LogP contribution in [0.5, 0.6) is 0 Å². The van der Waals surface area contributed by atoms with E-state index >= 15 is 0 Å². The summed E-state index contributed by atoms with van der Waals surface area (Å²) in [6.07, 6.45) is 0. The van der Waals surface area contributed by atoms with Gasteiger partial charge in [0.15, 0.2) is 4.34 Å². The van der Waals surface area contributed by atoms with Gasteiger partial charge in [0.1, 0.15) is 11.6 Å². The Bertz CT molecular complexity index is 1640. The molecule has 11 heteroatoms. The summed E-state index contributed by atoms with van der Waals surface area (Å²) in [4.78, 5) is 30.0. The van der Waals surface area contributed by atoms with Gasteiger partial charge in [-0.1, -0.05) is 77.2 Å². The molecular weight excluding hydrogens is 571 g/mol. The van der Waals surface area contributed by atoms with Crippen LogP contribution in [0, 0.1) is 12.7 Å². The van der Waals surface area contributed by atoms with Crippen LogP contribution in [0.3, 0.4) is 0 Å². The summed E-state index contributed by atoms with van der Waals surface area (Å²) in [5.41, 5.74) is 2.77. The molecule has 0 bridgehead atoms. The van der Waals surface area contributed by atoms with Crippen molar-refractivity contribution in [3.63, 3.8) is 0 Å². The predicted molar refractivity (Wildman–Crippen MR) is 158 cm³/mol. The van der Waals surface area contributed by atoms with Crippen LogP contribution in [0.15, 0.2) is 76.6 Å². The SMILES string of the molecule is Cc1ccc(C(O)=C2C(=O)C(=O)N(c3nnc(SCc4ccccc4Cl)s3)[C@@H]2c2ccc(N(C)C)cc2)cc1F. The summed E-state index contributed by atoms with van der Waals surface area (Å²) in [6.45, 7) is 1.60. The number of thioether (sulfide) groups is 1. The van der Waals surface area contributed by atoms with Gasteiger partial charge in [0.05, 0.1) is 11.6 Å². The van der Waals surface area contributed by atoms with Crippen molar-refractivity contribution >= 4 is 63.0 Å². The second-order valence-corrected chi connectivity index (χ2v) is 11.9. The van der Waals surface area contributed by atoms with Crippen molar-refractivity contribution in [3.8, 4) is 0 Å². The number of nitrogens with zero attached hydrogens (tertiary/aromatic N) is 4. The third kappa shape index (κ3) is 5.34. The van der Waals surface area contributed by atoms with Gasteiger partial charge in [0.25, 0.3) is 5.78 Å². The molecule has 0 radical (unpaired) electrons. The zero-order valence-corrected chi connectivity index (χ0v) is 24.1. The fourth-order valence-corrected chi connectivity index (χ4v) is 6.46. The third-order valence-corrected chi connectivity index (χ3v) is 9.00. The third-order valence-electron chi connectivity index (χ3n) is 6.53. The molecule has 2 heterocycles. The first-order valence-corrected chi connectivity index (χ1v) is 14.4. The second-order valence-electron chi connectivity index (χ2n) is 9.35. The summed E-state index contributed by atoms with van der Waals surface area (Å²) >= 11 is 8.84. The minimum absolute atomic E-state index is 0.101. The number of Topliss-reactive ketones (excluding diaryl/α,β-unsaturated/α-hetero) is 1. The van der Waals surface area contributed by atoms with E-state index in [9.17, 15) is 19.1 Å². The number of carbonyl (C=O) groups is 2. The van der Waals surface area contributed by atoms with Crippen molar-refractivity contribution in [3.05, 3.63) is 105 Å². The Morgan fingerprint density at radius 1 is 1.10 bits per heavy atom. The van der Waals surface area contributed by atoms with Gasteiger partial charge in [-0.2, -0.15) is 0 Å². The second kappa shape index (κ2) is 11.4. The van der Waals surface area contributed by atoms with Gasteiger partial charge in [-0.3, -0.25) is 14.5 Å². The van der Waals surface area contributed by atoms with Crippen molar-refractivity contribution in [1.82, 2.24) is 10.2 Å². The first kappa shape index (κ1) is 27.8. The lowest BCUT2D eigenvalue weighted by Gasteiger charge is -2.23. The van der Waals surface area contributed by atoms with Crippen molar-refractivity contribution in [2.75, 3.05) is 23.9 Å². The van der Waals surface area contributed by atoms with Crippen molar-refractivity contribution < 1.29 is 19.1 Å². The molecule has 1 aliphatic heterocycles. The molecule has 0 unspecified atom stereocenters. The number of anilines is 2. The Morgan fingerprint density at radius 3 is 2.50 bits per heavy atom. The van der Waals surface area contributed by atoms with E-state index in [1.54, 1.807) is 19.1 Å². The maximum absolute atomic E-state index is 14.4. The zero-order valence-electron chi connectivity index (χ0n) is 21.8. The molecule has 1 atom stereocenters. The molecule has 1 saturated heterocycles. The molecule has 4 aromatic rings. The lowest BCUT2D eigenvalue weighted by Crippen LogP contribution is -2.29.